The molecule has 0 aliphatic carbocycles. The number of anilines is 1. The molecule has 3 heterocycles. The molecule has 0 saturated heterocycles. The standard InChI is InChI=1S/C19H19N5O2/c1-26-16-5-3-2-4-14(16)23-19(25)24-11-8-15-17(22-12-21-15)18(24)13-6-9-20-10-7-13/h2-7,9-10,12,18H,8,11H2,1H3,(H,21,22)(H,23,25)/t18-/m0/s1. The molecule has 0 unspecified atom stereocenters. The molecule has 3 aromatic rings. The molecule has 0 radical (unpaired) electrons. The maximum atomic E-state index is 13.1. The summed E-state index contributed by atoms with van der Waals surface area (Å²) in [4.78, 5) is 26.6. The first-order valence-corrected chi connectivity index (χ1v) is 8.40. The molecule has 26 heavy (non-hydrogen) atoms. The summed E-state index contributed by atoms with van der Waals surface area (Å²) in [6.07, 6.45) is 5.87. The highest BCUT2D eigenvalue weighted by atomic mass is 16.5. The first kappa shape index (κ1) is 16.1. The summed E-state index contributed by atoms with van der Waals surface area (Å²) in [7, 11) is 1.58. The zero-order valence-corrected chi connectivity index (χ0v) is 14.3. The molecule has 4 rings (SSSR count). The number of para-hydroxylation sites is 2. The van der Waals surface area contributed by atoms with Crippen LogP contribution in [0.1, 0.15) is 23.0 Å². The zero-order chi connectivity index (χ0) is 17.9. The van der Waals surface area contributed by atoms with Gasteiger partial charge in [0.05, 0.1) is 24.8 Å². The molecule has 0 fully saturated rings. The molecule has 132 valence electrons. The summed E-state index contributed by atoms with van der Waals surface area (Å²) in [5, 5.41) is 2.96. The van der Waals surface area contributed by atoms with E-state index < -0.39 is 0 Å². The van der Waals surface area contributed by atoms with Gasteiger partial charge in [-0.3, -0.25) is 4.98 Å². The van der Waals surface area contributed by atoms with Gasteiger partial charge in [0.1, 0.15) is 11.8 Å². The number of benzene rings is 1. The number of hydrogen-bond acceptors (Lipinski definition) is 4. The van der Waals surface area contributed by atoms with Crippen LogP contribution in [0.15, 0.2) is 55.1 Å². The van der Waals surface area contributed by atoms with Crippen LogP contribution in [-0.4, -0.2) is 39.5 Å². The number of amides is 2. The lowest BCUT2D eigenvalue weighted by Crippen LogP contribution is -2.43. The van der Waals surface area contributed by atoms with E-state index in [1.54, 1.807) is 30.7 Å². The van der Waals surface area contributed by atoms with Crippen molar-refractivity contribution in [2.24, 2.45) is 0 Å². The van der Waals surface area contributed by atoms with Crippen LogP contribution < -0.4 is 10.1 Å². The van der Waals surface area contributed by atoms with Crippen LogP contribution in [0.5, 0.6) is 5.75 Å². The Hall–Kier alpha value is -3.35. The van der Waals surface area contributed by atoms with Gasteiger partial charge in [-0.2, -0.15) is 0 Å². The summed E-state index contributed by atoms with van der Waals surface area (Å²) >= 11 is 0. The van der Waals surface area contributed by atoms with Crippen molar-refractivity contribution in [2.45, 2.75) is 12.5 Å². The van der Waals surface area contributed by atoms with Gasteiger partial charge < -0.3 is 19.9 Å². The third kappa shape index (κ3) is 2.88. The second-order valence-electron chi connectivity index (χ2n) is 6.02. The Morgan fingerprint density at radius 3 is 2.88 bits per heavy atom. The number of aromatic amines is 1. The summed E-state index contributed by atoms with van der Waals surface area (Å²) in [6.45, 7) is 0.586. The predicted molar refractivity (Wildman–Crippen MR) is 97.1 cm³/mol. The zero-order valence-electron chi connectivity index (χ0n) is 14.3. The number of hydrogen-bond donors (Lipinski definition) is 2. The van der Waals surface area contributed by atoms with Crippen molar-refractivity contribution >= 4 is 11.7 Å². The van der Waals surface area contributed by atoms with Crippen molar-refractivity contribution in [3.63, 3.8) is 0 Å². The number of carbonyl (C=O) groups is 1. The Balaban J connectivity index is 1.67. The quantitative estimate of drug-likeness (QED) is 0.761. The number of fused-ring (bicyclic) bond motifs is 1. The molecule has 0 spiro atoms. The van der Waals surface area contributed by atoms with Gasteiger partial charge in [0, 0.05) is 31.1 Å². The summed E-state index contributed by atoms with van der Waals surface area (Å²) in [5.74, 6) is 0.624. The maximum Gasteiger partial charge on any atom is 0.322 e. The number of urea groups is 1. The molecule has 0 bridgehead atoms. The highest BCUT2D eigenvalue weighted by Gasteiger charge is 2.34. The van der Waals surface area contributed by atoms with Crippen LogP contribution in [0.25, 0.3) is 0 Å². The van der Waals surface area contributed by atoms with Gasteiger partial charge in [-0.1, -0.05) is 12.1 Å². The summed E-state index contributed by atoms with van der Waals surface area (Å²) < 4.78 is 5.33. The normalized spacial score (nSPS) is 16.0. The van der Waals surface area contributed by atoms with Crippen molar-refractivity contribution in [1.29, 1.82) is 0 Å². The molecule has 1 aliphatic heterocycles. The lowest BCUT2D eigenvalue weighted by Gasteiger charge is -2.35. The van der Waals surface area contributed by atoms with E-state index >= 15 is 0 Å². The molecular formula is C19H19N5O2. The third-order valence-corrected chi connectivity index (χ3v) is 4.56. The number of pyridine rings is 1. The van der Waals surface area contributed by atoms with Crippen molar-refractivity contribution in [3.8, 4) is 5.75 Å². The number of carbonyl (C=O) groups excluding carboxylic acids is 1. The minimum absolute atomic E-state index is 0.190. The van der Waals surface area contributed by atoms with E-state index in [2.05, 4.69) is 20.3 Å². The van der Waals surface area contributed by atoms with E-state index in [1.807, 2.05) is 36.4 Å². The largest absolute Gasteiger partial charge is 0.495 e. The number of nitrogens with zero attached hydrogens (tertiary/aromatic N) is 3. The van der Waals surface area contributed by atoms with Crippen molar-refractivity contribution in [2.75, 3.05) is 19.0 Å². The summed E-state index contributed by atoms with van der Waals surface area (Å²) in [6, 6.07) is 10.7. The molecule has 1 aliphatic rings. The highest BCUT2D eigenvalue weighted by Crippen LogP contribution is 2.34. The van der Waals surface area contributed by atoms with E-state index in [1.165, 1.54) is 0 Å². The number of methoxy groups -OCH3 is 1. The van der Waals surface area contributed by atoms with Gasteiger partial charge >= 0.3 is 6.03 Å². The average Bonchev–Trinajstić information content (AvgIpc) is 3.17. The second kappa shape index (κ2) is 6.87. The van der Waals surface area contributed by atoms with Gasteiger partial charge in [0.15, 0.2) is 0 Å². The fourth-order valence-electron chi connectivity index (χ4n) is 3.31. The van der Waals surface area contributed by atoms with Crippen LogP contribution >= 0.6 is 0 Å². The molecular weight excluding hydrogens is 330 g/mol. The van der Waals surface area contributed by atoms with Gasteiger partial charge in [0.25, 0.3) is 0 Å². The maximum absolute atomic E-state index is 13.1. The van der Waals surface area contributed by atoms with E-state index in [9.17, 15) is 4.79 Å². The predicted octanol–water partition coefficient (Wildman–Crippen LogP) is 2.99. The number of imidazole rings is 1. The van der Waals surface area contributed by atoms with Crippen LogP contribution in [0, 0.1) is 0 Å². The number of H-pyrrole nitrogens is 1. The van der Waals surface area contributed by atoms with Gasteiger partial charge in [-0.15, -0.1) is 0 Å². The molecule has 1 atom stereocenters. The minimum Gasteiger partial charge on any atom is -0.495 e. The first-order valence-electron chi connectivity index (χ1n) is 8.40. The van der Waals surface area contributed by atoms with E-state index in [0.717, 1.165) is 23.4 Å². The number of ether oxygens (including phenoxy) is 1. The molecule has 2 amide bonds. The fourth-order valence-corrected chi connectivity index (χ4v) is 3.31. The third-order valence-electron chi connectivity index (χ3n) is 4.56. The fraction of sp³-hybridized carbons (Fsp3) is 0.211. The molecule has 7 nitrogen and oxygen atoms in total. The lowest BCUT2D eigenvalue weighted by molar-refractivity contribution is 0.192. The number of aromatic nitrogens is 3. The van der Waals surface area contributed by atoms with E-state index in [0.29, 0.717) is 18.0 Å². The Kier molecular flexibility index (Phi) is 4.27. The number of rotatable bonds is 3. The molecule has 2 aromatic heterocycles. The average molecular weight is 349 g/mol. The summed E-state index contributed by atoms with van der Waals surface area (Å²) in [5.41, 5.74) is 3.55. The Bertz CT molecular complexity index is 909. The monoisotopic (exact) mass is 349 g/mol. The van der Waals surface area contributed by atoms with Crippen molar-refractivity contribution < 1.29 is 9.53 Å². The lowest BCUT2D eigenvalue weighted by atomic mass is 9.97. The molecule has 2 N–H and O–H groups in total. The van der Waals surface area contributed by atoms with Crippen molar-refractivity contribution in [3.05, 3.63) is 72.1 Å². The first-order chi connectivity index (χ1) is 12.8. The van der Waals surface area contributed by atoms with E-state index in [4.69, 9.17) is 4.74 Å². The number of nitrogens with one attached hydrogen (secondary N) is 2. The Labute approximate surface area is 151 Å². The van der Waals surface area contributed by atoms with E-state index in [-0.39, 0.29) is 12.1 Å². The van der Waals surface area contributed by atoms with Crippen molar-refractivity contribution in [1.82, 2.24) is 19.9 Å². The molecule has 0 saturated carbocycles. The Morgan fingerprint density at radius 1 is 1.27 bits per heavy atom. The van der Waals surface area contributed by atoms with Gasteiger partial charge in [-0.05, 0) is 29.8 Å². The van der Waals surface area contributed by atoms with Crippen LogP contribution in [0.4, 0.5) is 10.5 Å². The van der Waals surface area contributed by atoms with Gasteiger partial charge in [-0.25, -0.2) is 9.78 Å². The SMILES string of the molecule is COc1ccccc1NC(=O)N1CCc2[nH]cnc2[C@@H]1c1ccncc1. The smallest absolute Gasteiger partial charge is 0.322 e. The van der Waals surface area contributed by atoms with Gasteiger partial charge in [0.2, 0.25) is 0 Å². The molecule has 7 heteroatoms. The van der Waals surface area contributed by atoms with Crippen LogP contribution in [0.3, 0.4) is 0 Å². The Morgan fingerprint density at radius 2 is 2.08 bits per heavy atom. The highest BCUT2D eigenvalue weighted by molar-refractivity contribution is 5.91. The molecule has 1 aromatic carbocycles. The minimum atomic E-state index is -0.261. The topological polar surface area (TPSA) is 83.1 Å². The second-order valence-corrected chi connectivity index (χ2v) is 6.02. The van der Waals surface area contributed by atoms with Crippen LogP contribution in [0.2, 0.25) is 0 Å². The van der Waals surface area contributed by atoms with Crippen LogP contribution in [-0.2, 0) is 6.42 Å².